The number of hydrogen-bond donors (Lipinski definition) is 2. The van der Waals surface area contributed by atoms with E-state index in [9.17, 15) is 0 Å². The van der Waals surface area contributed by atoms with E-state index in [0.717, 1.165) is 11.3 Å². The average Bonchev–Trinajstić information content (AvgIpc) is 2.39. The maximum atomic E-state index is 8.49. The number of amidine groups is 1. The largest absolute Gasteiger partial charge is 0.409 e. The minimum Gasteiger partial charge on any atom is -0.409 e. The Morgan fingerprint density at radius 3 is 2.62 bits per heavy atom. The fourth-order valence-electron chi connectivity index (χ4n) is 1.28. The Kier molecular flexibility index (Phi) is 2.77. The standard InChI is InChI=1S/C11H10N4O/c12-11(15-16)10-5-4-8(7-14-10)9-3-1-2-6-13-9/h1-7,16H,(H2,12,15). The first-order chi connectivity index (χ1) is 7.81. The Bertz CT molecular complexity index is 493. The second kappa shape index (κ2) is 4.39. The van der Waals surface area contributed by atoms with E-state index in [-0.39, 0.29) is 5.84 Å². The highest BCUT2D eigenvalue weighted by Gasteiger charge is 2.02. The SMILES string of the molecule is N/C(=N\O)c1ccc(-c2ccccn2)cn1. The molecule has 5 nitrogen and oxygen atoms in total. The molecule has 16 heavy (non-hydrogen) atoms. The van der Waals surface area contributed by atoms with Crippen molar-refractivity contribution in [3.8, 4) is 11.3 Å². The molecule has 0 fully saturated rings. The summed E-state index contributed by atoms with van der Waals surface area (Å²) in [5.41, 5.74) is 7.56. The van der Waals surface area contributed by atoms with E-state index in [1.54, 1.807) is 18.5 Å². The van der Waals surface area contributed by atoms with Crippen LogP contribution in [-0.4, -0.2) is 21.0 Å². The average molecular weight is 214 g/mol. The quantitative estimate of drug-likeness (QED) is 0.341. The van der Waals surface area contributed by atoms with Crippen molar-refractivity contribution in [2.75, 3.05) is 0 Å². The van der Waals surface area contributed by atoms with Gasteiger partial charge in [0.25, 0.3) is 0 Å². The number of aromatic nitrogens is 2. The number of hydrogen-bond acceptors (Lipinski definition) is 4. The second-order valence-electron chi connectivity index (χ2n) is 3.13. The van der Waals surface area contributed by atoms with Crippen LogP contribution in [0.25, 0.3) is 11.3 Å². The summed E-state index contributed by atoms with van der Waals surface area (Å²) in [6.07, 6.45) is 3.35. The lowest BCUT2D eigenvalue weighted by Gasteiger charge is -2.01. The van der Waals surface area contributed by atoms with E-state index in [1.807, 2.05) is 24.3 Å². The summed E-state index contributed by atoms with van der Waals surface area (Å²) in [5, 5.41) is 11.4. The van der Waals surface area contributed by atoms with Gasteiger partial charge in [0.1, 0.15) is 5.69 Å². The van der Waals surface area contributed by atoms with E-state index in [2.05, 4.69) is 15.1 Å². The van der Waals surface area contributed by atoms with Gasteiger partial charge in [0.2, 0.25) is 0 Å². The Hall–Kier alpha value is -2.43. The zero-order valence-corrected chi connectivity index (χ0v) is 8.41. The molecule has 3 N–H and O–H groups in total. The van der Waals surface area contributed by atoms with Gasteiger partial charge in [-0.2, -0.15) is 0 Å². The molecule has 0 amide bonds. The maximum absolute atomic E-state index is 8.49. The van der Waals surface area contributed by atoms with Crippen molar-refractivity contribution >= 4 is 5.84 Å². The molecule has 0 aliphatic carbocycles. The van der Waals surface area contributed by atoms with Gasteiger partial charge in [-0.15, -0.1) is 0 Å². The fraction of sp³-hybridized carbons (Fsp3) is 0. The third-order valence-corrected chi connectivity index (χ3v) is 2.09. The number of rotatable bonds is 2. The molecule has 2 aromatic heterocycles. The highest BCUT2D eigenvalue weighted by Crippen LogP contribution is 2.14. The van der Waals surface area contributed by atoms with Gasteiger partial charge in [-0.05, 0) is 24.3 Å². The summed E-state index contributed by atoms with van der Waals surface area (Å²) in [5.74, 6) is -0.00688. The van der Waals surface area contributed by atoms with Gasteiger partial charge >= 0.3 is 0 Å². The van der Waals surface area contributed by atoms with Crippen LogP contribution in [0.3, 0.4) is 0 Å². The Morgan fingerprint density at radius 1 is 1.19 bits per heavy atom. The third kappa shape index (κ3) is 1.98. The Labute approximate surface area is 92.3 Å². The molecule has 80 valence electrons. The normalized spacial score (nSPS) is 11.4. The van der Waals surface area contributed by atoms with Crippen molar-refractivity contribution in [1.29, 1.82) is 0 Å². The molecule has 0 unspecified atom stereocenters. The van der Waals surface area contributed by atoms with Crippen LogP contribution in [-0.2, 0) is 0 Å². The third-order valence-electron chi connectivity index (χ3n) is 2.09. The molecule has 0 aliphatic rings. The van der Waals surface area contributed by atoms with Crippen LogP contribution >= 0.6 is 0 Å². The molecule has 0 saturated heterocycles. The van der Waals surface area contributed by atoms with E-state index < -0.39 is 0 Å². The molecule has 0 atom stereocenters. The molecule has 2 heterocycles. The highest BCUT2D eigenvalue weighted by molar-refractivity contribution is 5.95. The van der Waals surface area contributed by atoms with Crippen molar-refractivity contribution in [2.45, 2.75) is 0 Å². The van der Waals surface area contributed by atoms with Crippen molar-refractivity contribution in [2.24, 2.45) is 10.9 Å². The Morgan fingerprint density at radius 2 is 2.06 bits per heavy atom. The van der Waals surface area contributed by atoms with Gasteiger partial charge in [-0.3, -0.25) is 9.97 Å². The lowest BCUT2D eigenvalue weighted by molar-refractivity contribution is 0.318. The van der Waals surface area contributed by atoms with E-state index in [4.69, 9.17) is 10.9 Å². The first-order valence-electron chi connectivity index (χ1n) is 4.66. The van der Waals surface area contributed by atoms with Crippen LogP contribution in [0.1, 0.15) is 5.69 Å². The summed E-state index contributed by atoms with van der Waals surface area (Å²) < 4.78 is 0. The molecule has 0 saturated carbocycles. The molecule has 5 heteroatoms. The molecule has 2 rings (SSSR count). The van der Waals surface area contributed by atoms with Crippen molar-refractivity contribution in [3.05, 3.63) is 48.4 Å². The number of oxime groups is 1. The molecular formula is C11H10N4O. The lowest BCUT2D eigenvalue weighted by Crippen LogP contribution is -2.14. The topological polar surface area (TPSA) is 84.4 Å². The minimum absolute atomic E-state index is 0.00688. The zero-order chi connectivity index (χ0) is 11.4. The van der Waals surface area contributed by atoms with Crippen molar-refractivity contribution in [3.63, 3.8) is 0 Å². The molecular weight excluding hydrogens is 204 g/mol. The molecule has 0 aliphatic heterocycles. The minimum atomic E-state index is -0.00688. The van der Waals surface area contributed by atoms with Gasteiger partial charge in [0.15, 0.2) is 5.84 Å². The molecule has 0 bridgehead atoms. The molecule has 2 aromatic rings. The van der Waals surface area contributed by atoms with Gasteiger partial charge in [-0.25, -0.2) is 0 Å². The summed E-state index contributed by atoms with van der Waals surface area (Å²) in [4.78, 5) is 8.26. The number of nitrogens with two attached hydrogens (primary N) is 1. The number of nitrogens with zero attached hydrogens (tertiary/aromatic N) is 3. The van der Waals surface area contributed by atoms with Crippen LogP contribution in [0, 0.1) is 0 Å². The van der Waals surface area contributed by atoms with E-state index in [1.165, 1.54) is 0 Å². The summed E-state index contributed by atoms with van der Waals surface area (Å²) >= 11 is 0. The van der Waals surface area contributed by atoms with Crippen LogP contribution in [0.2, 0.25) is 0 Å². The summed E-state index contributed by atoms with van der Waals surface area (Å²) in [7, 11) is 0. The van der Waals surface area contributed by atoms with Gasteiger partial charge in [0.05, 0.1) is 5.69 Å². The van der Waals surface area contributed by atoms with E-state index in [0.29, 0.717) is 5.69 Å². The van der Waals surface area contributed by atoms with Crippen molar-refractivity contribution in [1.82, 2.24) is 9.97 Å². The van der Waals surface area contributed by atoms with E-state index >= 15 is 0 Å². The molecule has 0 aromatic carbocycles. The van der Waals surface area contributed by atoms with Crippen LogP contribution < -0.4 is 5.73 Å². The van der Waals surface area contributed by atoms with Gasteiger partial charge in [0, 0.05) is 18.0 Å². The van der Waals surface area contributed by atoms with Gasteiger partial charge in [-0.1, -0.05) is 11.2 Å². The summed E-state index contributed by atoms with van der Waals surface area (Å²) in [6, 6.07) is 9.14. The van der Waals surface area contributed by atoms with Crippen LogP contribution in [0.15, 0.2) is 47.9 Å². The van der Waals surface area contributed by atoms with Crippen molar-refractivity contribution < 1.29 is 5.21 Å². The predicted molar refractivity (Wildman–Crippen MR) is 60.0 cm³/mol. The van der Waals surface area contributed by atoms with Gasteiger partial charge < -0.3 is 10.9 Å². The first-order valence-corrected chi connectivity index (χ1v) is 4.66. The second-order valence-corrected chi connectivity index (χ2v) is 3.13. The fourth-order valence-corrected chi connectivity index (χ4v) is 1.28. The predicted octanol–water partition coefficient (Wildman–Crippen LogP) is 1.24. The maximum Gasteiger partial charge on any atom is 0.188 e. The highest BCUT2D eigenvalue weighted by atomic mass is 16.4. The van der Waals surface area contributed by atoms with Crippen LogP contribution in [0.5, 0.6) is 0 Å². The smallest absolute Gasteiger partial charge is 0.188 e. The molecule has 0 radical (unpaired) electrons. The zero-order valence-electron chi connectivity index (χ0n) is 8.41. The first kappa shape index (κ1) is 10.1. The Balaban J connectivity index is 2.34. The summed E-state index contributed by atoms with van der Waals surface area (Å²) in [6.45, 7) is 0. The number of pyridine rings is 2. The monoisotopic (exact) mass is 214 g/mol. The van der Waals surface area contributed by atoms with Crippen LogP contribution in [0.4, 0.5) is 0 Å². The molecule has 0 spiro atoms. The lowest BCUT2D eigenvalue weighted by atomic mass is 10.2.